The second-order valence-electron chi connectivity index (χ2n) is 7.34. The molecule has 3 rings (SSSR count). The van der Waals surface area contributed by atoms with Crippen molar-refractivity contribution in [2.24, 2.45) is 0 Å². The summed E-state index contributed by atoms with van der Waals surface area (Å²) in [5.41, 5.74) is 4.64. The van der Waals surface area contributed by atoms with Crippen LogP contribution in [0.5, 0.6) is 0 Å². The molecule has 4 heteroatoms. The second-order valence-corrected chi connectivity index (χ2v) is 7.34. The Balaban J connectivity index is 0.000000224. The molecule has 0 saturated heterocycles. The van der Waals surface area contributed by atoms with E-state index in [4.69, 9.17) is 0 Å². The third-order valence-electron chi connectivity index (χ3n) is 5.08. The zero-order valence-corrected chi connectivity index (χ0v) is 18.9. The van der Waals surface area contributed by atoms with Gasteiger partial charge in [-0.15, -0.1) is 0 Å². The predicted octanol–water partition coefficient (Wildman–Crippen LogP) is 5.50. The van der Waals surface area contributed by atoms with Gasteiger partial charge in [0.05, 0.1) is 6.54 Å². The molecule has 1 N–H and O–H groups in total. The molecule has 3 aromatic rings. The van der Waals surface area contributed by atoms with Gasteiger partial charge in [-0.05, 0) is 38.1 Å². The van der Waals surface area contributed by atoms with Crippen LogP contribution >= 0.6 is 0 Å². The number of carbonyl (C=O) groups excluding carboxylic acids is 2. The number of benzene rings is 3. The summed E-state index contributed by atoms with van der Waals surface area (Å²) in [6.45, 7) is 10.4. The van der Waals surface area contributed by atoms with Gasteiger partial charge in [0, 0.05) is 16.8 Å². The first-order valence-electron chi connectivity index (χ1n) is 10.7. The molecule has 0 saturated carbocycles. The molecule has 31 heavy (non-hydrogen) atoms. The zero-order chi connectivity index (χ0) is 22.6. The van der Waals surface area contributed by atoms with Crippen molar-refractivity contribution in [2.75, 3.05) is 25.0 Å². The Bertz CT molecular complexity index is 903. The van der Waals surface area contributed by atoms with Crippen molar-refractivity contribution in [1.29, 1.82) is 0 Å². The van der Waals surface area contributed by atoms with Gasteiger partial charge in [0.15, 0.2) is 5.78 Å². The highest BCUT2D eigenvalue weighted by atomic mass is 16.2. The summed E-state index contributed by atoms with van der Waals surface area (Å²) in [6, 6.07) is 24.6. The number of likely N-dealkylation sites (N-methyl/N-ethyl adjacent to an activating group) is 1. The van der Waals surface area contributed by atoms with E-state index in [2.05, 4.69) is 24.1 Å². The minimum atomic E-state index is 0.0612. The minimum absolute atomic E-state index is 0.0612. The summed E-state index contributed by atoms with van der Waals surface area (Å²) in [7, 11) is 0. The predicted molar refractivity (Wildman–Crippen MR) is 129 cm³/mol. The molecule has 0 bridgehead atoms. The van der Waals surface area contributed by atoms with E-state index in [0.29, 0.717) is 6.54 Å². The number of para-hydroxylation sites is 1. The van der Waals surface area contributed by atoms with Gasteiger partial charge in [-0.2, -0.15) is 0 Å². The SMILES string of the molecule is CCN(CC)CC(=O)Nc1c(C)cccc1C.O=C(c1ccccc1)c1ccccc1. The number of ketones is 1. The molecule has 0 aliphatic rings. The van der Waals surface area contributed by atoms with E-state index in [1.165, 1.54) is 0 Å². The van der Waals surface area contributed by atoms with E-state index >= 15 is 0 Å². The van der Waals surface area contributed by atoms with Crippen LogP contribution in [-0.4, -0.2) is 36.2 Å². The average molecular weight is 417 g/mol. The summed E-state index contributed by atoms with van der Waals surface area (Å²) < 4.78 is 0. The van der Waals surface area contributed by atoms with Crippen molar-refractivity contribution in [1.82, 2.24) is 4.90 Å². The topological polar surface area (TPSA) is 49.4 Å². The van der Waals surface area contributed by atoms with Crippen LogP contribution in [0, 0.1) is 13.8 Å². The lowest BCUT2D eigenvalue weighted by Crippen LogP contribution is -2.33. The van der Waals surface area contributed by atoms with Crippen LogP contribution in [-0.2, 0) is 4.79 Å². The zero-order valence-electron chi connectivity index (χ0n) is 18.9. The van der Waals surface area contributed by atoms with Crippen LogP contribution in [0.4, 0.5) is 5.69 Å². The summed E-state index contributed by atoms with van der Waals surface area (Å²) in [5, 5.41) is 3.00. The maximum absolute atomic E-state index is 11.9. The van der Waals surface area contributed by atoms with Gasteiger partial charge in [-0.3, -0.25) is 14.5 Å². The van der Waals surface area contributed by atoms with Crippen molar-refractivity contribution in [2.45, 2.75) is 27.7 Å². The van der Waals surface area contributed by atoms with Gasteiger partial charge in [0.2, 0.25) is 5.91 Å². The van der Waals surface area contributed by atoms with Gasteiger partial charge < -0.3 is 5.32 Å². The van der Waals surface area contributed by atoms with Crippen molar-refractivity contribution in [3.05, 3.63) is 101 Å². The lowest BCUT2D eigenvalue weighted by molar-refractivity contribution is -0.117. The maximum Gasteiger partial charge on any atom is 0.238 e. The van der Waals surface area contributed by atoms with Crippen molar-refractivity contribution < 1.29 is 9.59 Å². The number of rotatable bonds is 7. The van der Waals surface area contributed by atoms with Gasteiger partial charge in [-0.1, -0.05) is 92.7 Å². The molecule has 0 spiro atoms. The number of nitrogens with zero attached hydrogens (tertiary/aromatic N) is 1. The van der Waals surface area contributed by atoms with Gasteiger partial charge >= 0.3 is 0 Å². The molecule has 162 valence electrons. The quantitative estimate of drug-likeness (QED) is 0.517. The first-order valence-corrected chi connectivity index (χ1v) is 10.7. The second kappa shape index (κ2) is 12.5. The third kappa shape index (κ3) is 7.50. The van der Waals surface area contributed by atoms with Crippen LogP contribution in [0.15, 0.2) is 78.9 Å². The first kappa shape index (κ1) is 24.0. The Labute approximate surface area is 185 Å². The Hall–Kier alpha value is -3.24. The molecule has 0 aliphatic heterocycles. The molecule has 1 amide bonds. The molecule has 0 radical (unpaired) electrons. The monoisotopic (exact) mass is 416 g/mol. The molecule has 0 unspecified atom stereocenters. The third-order valence-corrected chi connectivity index (χ3v) is 5.08. The standard InChI is InChI=1S/C14H22N2O.C13H10O/c1-5-16(6-2)10-13(17)15-14-11(3)8-7-9-12(14)4;14-13(11-7-3-1-4-8-11)12-9-5-2-6-10-12/h7-9H,5-6,10H2,1-4H3,(H,15,17);1-10H. The van der Waals surface area contributed by atoms with Gasteiger partial charge in [-0.25, -0.2) is 0 Å². The Kier molecular flexibility index (Phi) is 9.66. The summed E-state index contributed by atoms with van der Waals surface area (Å²) in [5.74, 6) is 0.136. The van der Waals surface area contributed by atoms with Gasteiger partial charge in [0.25, 0.3) is 0 Å². The molecule has 4 nitrogen and oxygen atoms in total. The van der Waals surface area contributed by atoms with Crippen LogP contribution < -0.4 is 5.32 Å². The van der Waals surface area contributed by atoms with Crippen LogP contribution in [0.3, 0.4) is 0 Å². The number of aryl methyl sites for hydroxylation is 2. The average Bonchev–Trinajstić information content (AvgIpc) is 2.81. The summed E-state index contributed by atoms with van der Waals surface area (Å²) in [6.07, 6.45) is 0. The fourth-order valence-corrected chi connectivity index (χ4v) is 3.19. The molecule has 0 aliphatic carbocycles. The fraction of sp³-hybridized carbons (Fsp3) is 0.259. The first-order chi connectivity index (χ1) is 15.0. The Morgan fingerprint density at radius 3 is 1.58 bits per heavy atom. The number of nitrogens with one attached hydrogen (secondary N) is 1. The molecular formula is C27H32N2O2. The molecule has 0 fully saturated rings. The van der Waals surface area contributed by atoms with Gasteiger partial charge in [0.1, 0.15) is 0 Å². The fourth-order valence-electron chi connectivity index (χ4n) is 3.19. The van der Waals surface area contributed by atoms with E-state index in [9.17, 15) is 9.59 Å². The summed E-state index contributed by atoms with van der Waals surface area (Å²) >= 11 is 0. The van der Waals surface area contributed by atoms with E-state index in [0.717, 1.165) is 41.0 Å². The van der Waals surface area contributed by atoms with Crippen molar-refractivity contribution in [3.8, 4) is 0 Å². The normalized spacial score (nSPS) is 10.2. The highest BCUT2D eigenvalue weighted by molar-refractivity contribution is 6.08. The number of anilines is 1. The Morgan fingerprint density at radius 1 is 0.710 bits per heavy atom. The minimum Gasteiger partial charge on any atom is -0.324 e. The number of carbonyl (C=O) groups is 2. The maximum atomic E-state index is 11.9. The molecule has 0 aromatic heterocycles. The van der Waals surface area contributed by atoms with E-state index in [1.807, 2.05) is 92.7 Å². The molecule has 0 atom stereocenters. The van der Waals surface area contributed by atoms with Crippen LogP contribution in [0.1, 0.15) is 40.9 Å². The number of hydrogen-bond acceptors (Lipinski definition) is 3. The molecule has 3 aromatic carbocycles. The summed E-state index contributed by atoms with van der Waals surface area (Å²) in [4.78, 5) is 25.8. The lowest BCUT2D eigenvalue weighted by atomic mass is 10.0. The molecule has 0 heterocycles. The number of hydrogen-bond donors (Lipinski definition) is 1. The highest BCUT2D eigenvalue weighted by Gasteiger charge is 2.10. The number of amides is 1. The van der Waals surface area contributed by atoms with Crippen LogP contribution in [0.25, 0.3) is 0 Å². The smallest absolute Gasteiger partial charge is 0.238 e. The van der Waals surface area contributed by atoms with E-state index in [-0.39, 0.29) is 11.7 Å². The Morgan fingerprint density at radius 2 is 1.16 bits per heavy atom. The van der Waals surface area contributed by atoms with Crippen molar-refractivity contribution >= 4 is 17.4 Å². The lowest BCUT2D eigenvalue weighted by Gasteiger charge is -2.18. The highest BCUT2D eigenvalue weighted by Crippen LogP contribution is 2.19. The largest absolute Gasteiger partial charge is 0.324 e. The van der Waals surface area contributed by atoms with Crippen LogP contribution in [0.2, 0.25) is 0 Å². The van der Waals surface area contributed by atoms with Crippen molar-refractivity contribution in [3.63, 3.8) is 0 Å². The van der Waals surface area contributed by atoms with E-state index in [1.54, 1.807) is 0 Å². The van der Waals surface area contributed by atoms with E-state index < -0.39 is 0 Å². The molecular weight excluding hydrogens is 384 g/mol.